The fraction of sp³-hybridized carbons (Fsp3) is 0.500. The van der Waals surface area contributed by atoms with Crippen LogP contribution in [0.2, 0.25) is 0 Å². The van der Waals surface area contributed by atoms with Gasteiger partial charge in [-0.3, -0.25) is 9.59 Å². The summed E-state index contributed by atoms with van der Waals surface area (Å²) in [6.45, 7) is 1.23. The first-order valence-electron chi connectivity index (χ1n) is 7.28. The summed E-state index contributed by atoms with van der Waals surface area (Å²) in [5.41, 5.74) is 1.71. The van der Waals surface area contributed by atoms with Crippen LogP contribution in [-0.2, 0) is 16.0 Å². The van der Waals surface area contributed by atoms with E-state index in [-0.39, 0.29) is 17.9 Å². The average Bonchev–Trinajstić information content (AvgIpc) is 3.01. The third kappa shape index (κ3) is 4.29. The van der Waals surface area contributed by atoms with Crippen molar-refractivity contribution in [2.75, 3.05) is 27.2 Å². The summed E-state index contributed by atoms with van der Waals surface area (Å²) in [7, 11) is 3.47. The normalized spacial score (nSPS) is 17.5. The third-order valence-electron chi connectivity index (χ3n) is 3.52. The molecule has 5 heteroatoms. The molecule has 5 nitrogen and oxygen atoms in total. The molecule has 1 aliphatic heterocycles. The van der Waals surface area contributed by atoms with Gasteiger partial charge in [-0.25, -0.2) is 0 Å². The number of carbonyl (C=O) groups is 2. The highest BCUT2D eigenvalue weighted by Crippen LogP contribution is 2.12. The van der Waals surface area contributed by atoms with Crippen LogP contribution in [0.5, 0.6) is 0 Å². The van der Waals surface area contributed by atoms with Gasteiger partial charge in [-0.15, -0.1) is 0 Å². The van der Waals surface area contributed by atoms with Crippen LogP contribution in [0, 0.1) is 0 Å². The van der Waals surface area contributed by atoms with Crippen LogP contribution in [0.1, 0.15) is 28.8 Å². The lowest BCUT2D eigenvalue weighted by Crippen LogP contribution is -2.35. The maximum absolute atomic E-state index is 11.9. The molecule has 1 aromatic carbocycles. The highest BCUT2D eigenvalue weighted by Gasteiger charge is 2.22. The third-order valence-corrected chi connectivity index (χ3v) is 3.52. The standard InChI is InChI=1S/C16H22N2O3/c1-18(2)16(20)13-6-3-5-12(11-13)8-9-17-15(19)14-7-4-10-21-14/h3,5-6,11,14H,4,7-10H2,1-2H3,(H,17,19)/t14-/m0/s1. The van der Waals surface area contributed by atoms with Gasteiger partial charge in [0, 0.05) is 32.8 Å². The molecule has 114 valence electrons. The average molecular weight is 290 g/mol. The number of hydrogen-bond donors (Lipinski definition) is 1. The number of hydrogen-bond acceptors (Lipinski definition) is 3. The Kier molecular flexibility index (Phi) is 5.33. The maximum atomic E-state index is 11.9. The first-order valence-corrected chi connectivity index (χ1v) is 7.28. The molecule has 1 atom stereocenters. The number of amides is 2. The zero-order chi connectivity index (χ0) is 15.2. The second-order valence-electron chi connectivity index (χ2n) is 5.44. The van der Waals surface area contributed by atoms with E-state index >= 15 is 0 Å². The first kappa shape index (κ1) is 15.5. The van der Waals surface area contributed by atoms with Crippen LogP contribution in [0.25, 0.3) is 0 Å². The molecular formula is C16H22N2O3. The first-order chi connectivity index (χ1) is 10.1. The van der Waals surface area contributed by atoms with Crippen molar-refractivity contribution in [1.29, 1.82) is 0 Å². The summed E-state index contributed by atoms with van der Waals surface area (Å²) in [6, 6.07) is 7.51. The van der Waals surface area contributed by atoms with E-state index in [4.69, 9.17) is 4.74 Å². The van der Waals surface area contributed by atoms with E-state index in [9.17, 15) is 9.59 Å². The van der Waals surface area contributed by atoms with Crippen LogP contribution < -0.4 is 5.32 Å². The molecular weight excluding hydrogens is 268 g/mol. The van der Waals surface area contributed by atoms with Crippen molar-refractivity contribution in [3.05, 3.63) is 35.4 Å². The van der Waals surface area contributed by atoms with Crippen LogP contribution in [0.3, 0.4) is 0 Å². The molecule has 0 aromatic heterocycles. The van der Waals surface area contributed by atoms with Gasteiger partial charge in [0.15, 0.2) is 0 Å². The van der Waals surface area contributed by atoms with Crippen LogP contribution in [0.4, 0.5) is 0 Å². The summed E-state index contributed by atoms with van der Waals surface area (Å²) >= 11 is 0. The van der Waals surface area contributed by atoms with E-state index < -0.39 is 0 Å². The van der Waals surface area contributed by atoms with E-state index in [1.165, 1.54) is 0 Å². The van der Waals surface area contributed by atoms with E-state index in [0.717, 1.165) is 18.4 Å². The lowest BCUT2D eigenvalue weighted by atomic mass is 10.1. The predicted octanol–water partition coefficient (Wildman–Crippen LogP) is 1.23. The molecule has 0 aliphatic carbocycles. The zero-order valence-electron chi connectivity index (χ0n) is 12.6. The summed E-state index contributed by atoms with van der Waals surface area (Å²) < 4.78 is 5.33. The van der Waals surface area contributed by atoms with Gasteiger partial charge in [0.1, 0.15) is 6.10 Å². The predicted molar refractivity (Wildman–Crippen MR) is 80.1 cm³/mol. The fourth-order valence-electron chi connectivity index (χ4n) is 2.35. The summed E-state index contributed by atoms with van der Waals surface area (Å²) in [6.07, 6.45) is 2.17. The Hall–Kier alpha value is -1.88. The molecule has 1 aromatic rings. The molecule has 1 heterocycles. The second-order valence-corrected chi connectivity index (χ2v) is 5.44. The molecule has 2 rings (SSSR count). The van der Waals surface area contributed by atoms with E-state index in [1.807, 2.05) is 18.2 Å². The molecule has 1 aliphatic rings. The molecule has 0 radical (unpaired) electrons. The van der Waals surface area contributed by atoms with Crippen molar-refractivity contribution < 1.29 is 14.3 Å². The van der Waals surface area contributed by atoms with Gasteiger partial charge in [0.05, 0.1) is 0 Å². The van der Waals surface area contributed by atoms with Gasteiger partial charge in [-0.05, 0) is 37.0 Å². The number of rotatable bonds is 5. The lowest BCUT2D eigenvalue weighted by molar-refractivity contribution is -0.129. The Labute approximate surface area is 125 Å². The van der Waals surface area contributed by atoms with E-state index in [2.05, 4.69) is 5.32 Å². The van der Waals surface area contributed by atoms with Crippen LogP contribution >= 0.6 is 0 Å². The van der Waals surface area contributed by atoms with Crippen molar-refractivity contribution in [3.63, 3.8) is 0 Å². The SMILES string of the molecule is CN(C)C(=O)c1cccc(CCNC(=O)[C@@H]2CCCO2)c1. The monoisotopic (exact) mass is 290 g/mol. The Balaban J connectivity index is 1.84. The van der Waals surface area contributed by atoms with Gasteiger partial charge >= 0.3 is 0 Å². The zero-order valence-corrected chi connectivity index (χ0v) is 12.6. The maximum Gasteiger partial charge on any atom is 0.253 e. The number of ether oxygens (including phenoxy) is 1. The molecule has 0 spiro atoms. The molecule has 2 amide bonds. The topological polar surface area (TPSA) is 58.6 Å². The minimum Gasteiger partial charge on any atom is -0.368 e. The minimum atomic E-state index is -0.286. The van der Waals surface area contributed by atoms with Gasteiger partial charge in [0.2, 0.25) is 5.91 Å². The summed E-state index contributed by atoms with van der Waals surface area (Å²) in [5.74, 6) is -0.0479. The molecule has 0 bridgehead atoms. The fourth-order valence-corrected chi connectivity index (χ4v) is 2.35. The quantitative estimate of drug-likeness (QED) is 0.887. The van der Waals surface area contributed by atoms with Crippen LogP contribution in [0.15, 0.2) is 24.3 Å². The van der Waals surface area contributed by atoms with Gasteiger partial charge < -0.3 is 15.0 Å². The second kappa shape index (κ2) is 7.22. The Morgan fingerprint density at radius 2 is 2.19 bits per heavy atom. The molecule has 1 saturated heterocycles. The van der Waals surface area contributed by atoms with Crippen molar-refractivity contribution >= 4 is 11.8 Å². The van der Waals surface area contributed by atoms with Crippen LogP contribution in [-0.4, -0.2) is 50.1 Å². The molecule has 0 unspecified atom stereocenters. The minimum absolute atomic E-state index is 0.0137. The van der Waals surface area contributed by atoms with Crippen molar-refractivity contribution in [2.45, 2.75) is 25.4 Å². The highest BCUT2D eigenvalue weighted by atomic mass is 16.5. The lowest BCUT2D eigenvalue weighted by Gasteiger charge is -2.12. The number of carbonyl (C=O) groups excluding carboxylic acids is 2. The Morgan fingerprint density at radius 1 is 1.38 bits per heavy atom. The van der Waals surface area contributed by atoms with E-state index in [0.29, 0.717) is 25.1 Å². The van der Waals surface area contributed by atoms with Gasteiger partial charge in [-0.2, -0.15) is 0 Å². The highest BCUT2D eigenvalue weighted by molar-refractivity contribution is 5.94. The molecule has 1 fully saturated rings. The molecule has 1 N–H and O–H groups in total. The Morgan fingerprint density at radius 3 is 2.86 bits per heavy atom. The van der Waals surface area contributed by atoms with Crippen molar-refractivity contribution in [3.8, 4) is 0 Å². The molecule has 21 heavy (non-hydrogen) atoms. The van der Waals surface area contributed by atoms with Gasteiger partial charge in [-0.1, -0.05) is 12.1 Å². The van der Waals surface area contributed by atoms with Crippen molar-refractivity contribution in [1.82, 2.24) is 10.2 Å². The Bertz CT molecular complexity index is 508. The largest absolute Gasteiger partial charge is 0.368 e. The number of nitrogens with one attached hydrogen (secondary N) is 1. The summed E-state index contributed by atoms with van der Waals surface area (Å²) in [4.78, 5) is 25.2. The number of benzene rings is 1. The smallest absolute Gasteiger partial charge is 0.253 e. The molecule has 0 saturated carbocycles. The van der Waals surface area contributed by atoms with Gasteiger partial charge in [0.25, 0.3) is 5.91 Å². The van der Waals surface area contributed by atoms with E-state index in [1.54, 1.807) is 25.1 Å². The summed E-state index contributed by atoms with van der Waals surface area (Å²) in [5, 5.41) is 2.89. The van der Waals surface area contributed by atoms with Crippen molar-refractivity contribution in [2.24, 2.45) is 0 Å². The number of nitrogens with zero attached hydrogens (tertiary/aromatic N) is 1.